The lowest BCUT2D eigenvalue weighted by molar-refractivity contribution is 0.299. The van der Waals surface area contributed by atoms with Crippen molar-refractivity contribution in [2.45, 2.75) is 13.0 Å². The van der Waals surface area contributed by atoms with E-state index < -0.39 is 0 Å². The first-order chi connectivity index (χ1) is 10.7. The highest BCUT2D eigenvalue weighted by atomic mass is 19.1. The summed E-state index contributed by atoms with van der Waals surface area (Å²) in [6.45, 7) is 0.669. The van der Waals surface area contributed by atoms with Gasteiger partial charge in [-0.15, -0.1) is 0 Å². The van der Waals surface area contributed by atoms with Crippen LogP contribution in [-0.2, 0) is 13.0 Å². The van der Waals surface area contributed by atoms with E-state index in [-0.39, 0.29) is 12.4 Å². The summed E-state index contributed by atoms with van der Waals surface area (Å²) in [6, 6.07) is 10.2. The van der Waals surface area contributed by atoms with Crippen LogP contribution < -0.4 is 4.90 Å². The normalized spacial score (nSPS) is 11.0. The fourth-order valence-electron chi connectivity index (χ4n) is 2.44. The molecule has 2 aromatic carbocycles. The van der Waals surface area contributed by atoms with E-state index in [9.17, 15) is 4.39 Å². The van der Waals surface area contributed by atoms with Gasteiger partial charge in [0.15, 0.2) is 5.52 Å². The Balaban J connectivity index is 1.93. The van der Waals surface area contributed by atoms with Crippen LogP contribution in [0.25, 0.3) is 11.0 Å². The Morgan fingerprint density at radius 2 is 1.91 bits per heavy atom. The van der Waals surface area contributed by atoms with Gasteiger partial charge in [0.2, 0.25) is 0 Å². The molecule has 0 amide bonds. The summed E-state index contributed by atoms with van der Waals surface area (Å²) < 4.78 is 17.8. The van der Waals surface area contributed by atoms with Crippen LogP contribution in [0, 0.1) is 5.82 Å². The van der Waals surface area contributed by atoms with Gasteiger partial charge in [-0.05, 0) is 52.1 Å². The lowest BCUT2D eigenvalue weighted by Gasteiger charge is -2.20. The number of benzene rings is 2. The zero-order valence-electron chi connectivity index (χ0n) is 12.2. The SMILES string of the molecule is CN(Cc1ccc(F)cc1)c1cc(CCO)cc2nonc12. The Kier molecular flexibility index (Phi) is 4.02. The number of nitrogens with zero attached hydrogens (tertiary/aromatic N) is 3. The van der Waals surface area contributed by atoms with Gasteiger partial charge in [0.1, 0.15) is 11.3 Å². The molecule has 0 unspecified atom stereocenters. The molecule has 0 saturated heterocycles. The van der Waals surface area contributed by atoms with Crippen LogP contribution in [-0.4, -0.2) is 29.1 Å². The summed E-state index contributed by atoms with van der Waals surface area (Å²) in [5.41, 5.74) is 4.15. The Morgan fingerprint density at radius 3 is 2.64 bits per heavy atom. The van der Waals surface area contributed by atoms with Crippen LogP contribution in [0.4, 0.5) is 10.1 Å². The second kappa shape index (κ2) is 6.11. The van der Waals surface area contributed by atoms with Gasteiger partial charge in [0, 0.05) is 20.2 Å². The molecule has 3 aromatic rings. The number of hydrogen-bond donors (Lipinski definition) is 1. The van der Waals surface area contributed by atoms with Crippen LogP contribution in [0.15, 0.2) is 41.0 Å². The summed E-state index contributed by atoms with van der Waals surface area (Å²) in [4.78, 5) is 2.00. The van der Waals surface area contributed by atoms with Crippen LogP contribution in [0.2, 0.25) is 0 Å². The summed E-state index contributed by atoms with van der Waals surface area (Å²) in [5.74, 6) is -0.251. The molecule has 3 rings (SSSR count). The Labute approximate surface area is 126 Å². The molecule has 0 radical (unpaired) electrons. The van der Waals surface area contributed by atoms with Crippen molar-refractivity contribution in [1.29, 1.82) is 0 Å². The van der Waals surface area contributed by atoms with E-state index in [1.54, 1.807) is 12.1 Å². The van der Waals surface area contributed by atoms with Crippen molar-refractivity contribution in [3.05, 3.63) is 53.3 Å². The largest absolute Gasteiger partial charge is 0.396 e. The third-order valence-electron chi connectivity index (χ3n) is 3.55. The molecular weight excluding hydrogens is 285 g/mol. The van der Waals surface area contributed by atoms with Crippen LogP contribution in [0.3, 0.4) is 0 Å². The van der Waals surface area contributed by atoms with Crippen molar-refractivity contribution in [1.82, 2.24) is 10.3 Å². The van der Waals surface area contributed by atoms with Gasteiger partial charge in [0.25, 0.3) is 0 Å². The Hall–Kier alpha value is -2.47. The van der Waals surface area contributed by atoms with E-state index in [2.05, 4.69) is 10.3 Å². The second-order valence-electron chi connectivity index (χ2n) is 5.20. The second-order valence-corrected chi connectivity index (χ2v) is 5.20. The highest BCUT2D eigenvalue weighted by Gasteiger charge is 2.13. The molecule has 0 aliphatic carbocycles. The van der Waals surface area contributed by atoms with E-state index >= 15 is 0 Å². The number of aliphatic hydroxyl groups excluding tert-OH is 1. The molecule has 1 heterocycles. The van der Waals surface area contributed by atoms with Gasteiger partial charge < -0.3 is 10.0 Å². The number of anilines is 1. The number of halogens is 1. The lowest BCUT2D eigenvalue weighted by atomic mass is 10.1. The Morgan fingerprint density at radius 1 is 1.14 bits per heavy atom. The number of fused-ring (bicyclic) bond motifs is 1. The Bertz CT molecular complexity index is 771. The minimum absolute atomic E-state index is 0.0674. The maximum atomic E-state index is 13.0. The number of aliphatic hydroxyl groups is 1. The molecule has 6 heteroatoms. The monoisotopic (exact) mass is 301 g/mol. The summed E-state index contributed by atoms with van der Waals surface area (Å²) >= 11 is 0. The summed E-state index contributed by atoms with van der Waals surface area (Å²) in [5, 5.41) is 17.0. The molecular formula is C16H16FN3O2. The van der Waals surface area contributed by atoms with E-state index in [0.29, 0.717) is 24.0 Å². The molecule has 0 fully saturated rings. The molecule has 1 N–H and O–H groups in total. The molecule has 0 aliphatic rings. The fourth-order valence-corrected chi connectivity index (χ4v) is 2.44. The molecule has 114 valence electrons. The highest BCUT2D eigenvalue weighted by molar-refractivity contribution is 5.88. The summed E-state index contributed by atoms with van der Waals surface area (Å²) in [7, 11) is 1.93. The van der Waals surface area contributed by atoms with Gasteiger partial charge in [-0.3, -0.25) is 0 Å². The van der Waals surface area contributed by atoms with Gasteiger partial charge in [-0.1, -0.05) is 12.1 Å². The molecule has 22 heavy (non-hydrogen) atoms. The lowest BCUT2D eigenvalue weighted by Crippen LogP contribution is -2.17. The smallest absolute Gasteiger partial charge is 0.158 e. The van der Waals surface area contributed by atoms with Crippen molar-refractivity contribution >= 4 is 16.7 Å². The standard InChI is InChI=1S/C16H16FN3O2/c1-20(10-11-2-4-13(17)5-3-11)15-9-12(6-7-21)8-14-16(15)19-22-18-14/h2-5,8-9,21H,6-7,10H2,1H3. The van der Waals surface area contributed by atoms with Crippen LogP contribution in [0.1, 0.15) is 11.1 Å². The molecule has 5 nitrogen and oxygen atoms in total. The van der Waals surface area contributed by atoms with E-state index in [1.807, 2.05) is 24.1 Å². The quantitative estimate of drug-likeness (QED) is 0.784. The molecule has 0 saturated carbocycles. The third-order valence-corrected chi connectivity index (χ3v) is 3.55. The third kappa shape index (κ3) is 2.92. The fraction of sp³-hybridized carbons (Fsp3) is 0.250. The van der Waals surface area contributed by atoms with Gasteiger partial charge >= 0.3 is 0 Å². The van der Waals surface area contributed by atoms with Crippen LogP contribution in [0.5, 0.6) is 0 Å². The molecule has 0 spiro atoms. The topological polar surface area (TPSA) is 62.4 Å². The minimum atomic E-state index is -0.251. The first kappa shape index (κ1) is 14.5. The van der Waals surface area contributed by atoms with E-state index in [0.717, 1.165) is 16.8 Å². The predicted octanol–water partition coefficient (Wildman–Crippen LogP) is 2.53. The average molecular weight is 301 g/mol. The first-order valence-electron chi connectivity index (χ1n) is 6.99. The predicted molar refractivity (Wildman–Crippen MR) is 81.1 cm³/mol. The van der Waals surface area contributed by atoms with Crippen LogP contribution >= 0.6 is 0 Å². The van der Waals surface area contributed by atoms with Crippen molar-refractivity contribution in [3.8, 4) is 0 Å². The van der Waals surface area contributed by atoms with E-state index in [4.69, 9.17) is 9.74 Å². The molecule has 1 aromatic heterocycles. The number of rotatable bonds is 5. The van der Waals surface area contributed by atoms with Crippen molar-refractivity contribution < 1.29 is 14.1 Å². The zero-order valence-corrected chi connectivity index (χ0v) is 12.2. The molecule has 0 atom stereocenters. The maximum absolute atomic E-state index is 13.0. The van der Waals surface area contributed by atoms with Crippen molar-refractivity contribution in [3.63, 3.8) is 0 Å². The average Bonchev–Trinajstić information content (AvgIpc) is 2.97. The van der Waals surface area contributed by atoms with Gasteiger partial charge in [-0.2, -0.15) is 0 Å². The number of aromatic nitrogens is 2. The summed E-state index contributed by atoms with van der Waals surface area (Å²) in [6.07, 6.45) is 0.542. The van der Waals surface area contributed by atoms with Gasteiger partial charge in [0.05, 0.1) is 5.69 Å². The highest BCUT2D eigenvalue weighted by Crippen LogP contribution is 2.27. The molecule has 0 bridgehead atoms. The molecule has 0 aliphatic heterocycles. The van der Waals surface area contributed by atoms with Crippen molar-refractivity contribution in [2.24, 2.45) is 0 Å². The van der Waals surface area contributed by atoms with Crippen molar-refractivity contribution in [2.75, 3.05) is 18.6 Å². The maximum Gasteiger partial charge on any atom is 0.158 e. The first-order valence-corrected chi connectivity index (χ1v) is 6.99. The van der Waals surface area contributed by atoms with E-state index in [1.165, 1.54) is 12.1 Å². The number of hydrogen-bond acceptors (Lipinski definition) is 5. The minimum Gasteiger partial charge on any atom is -0.396 e. The zero-order chi connectivity index (χ0) is 15.5. The van der Waals surface area contributed by atoms with Gasteiger partial charge in [-0.25, -0.2) is 9.02 Å².